The average molecular weight is 301 g/mol. The molecule has 5 heteroatoms. The van der Waals surface area contributed by atoms with Gasteiger partial charge in [-0.05, 0) is 50.5 Å². The predicted octanol–water partition coefficient (Wildman–Crippen LogP) is 2.49. The van der Waals surface area contributed by atoms with Gasteiger partial charge in [-0.2, -0.15) is 5.10 Å². The second kappa shape index (κ2) is 5.55. The number of carbonyl (C=O) groups is 1. The molecule has 22 heavy (non-hydrogen) atoms. The molecule has 0 unspecified atom stereocenters. The summed E-state index contributed by atoms with van der Waals surface area (Å²) in [5.74, 6) is -0.245. The van der Waals surface area contributed by atoms with Crippen LogP contribution in [0.1, 0.15) is 29.8 Å². The fraction of sp³-hybridized carbons (Fsp3) is 0.412. The fourth-order valence-corrected chi connectivity index (χ4v) is 2.89. The number of benzene rings is 1. The molecular formula is C17H20FN3O. The summed E-state index contributed by atoms with van der Waals surface area (Å²) < 4.78 is 14.9. The van der Waals surface area contributed by atoms with E-state index in [-0.39, 0.29) is 11.7 Å². The van der Waals surface area contributed by atoms with E-state index < -0.39 is 5.41 Å². The number of halogens is 1. The maximum atomic E-state index is 13.0. The van der Waals surface area contributed by atoms with Crippen molar-refractivity contribution in [1.82, 2.24) is 15.1 Å². The van der Waals surface area contributed by atoms with E-state index in [1.807, 2.05) is 24.6 Å². The lowest BCUT2D eigenvalue weighted by Gasteiger charge is -2.16. The van der Waals surface area contributed by atoms with Crippen molar-refractivity contribution in [1.29, 1.82) is 0 Å². The fourth-order valence-electron chi connectivity index (χ4n) is 2.89. The summed E-state index contributed by atoms with van der Waals surface area (Å²) in [6.07, 6.45) is 1.65. The molecule has 1 aromatic carbocycles. The monoisotopic (exact) mass is 301 g/mol. The summed E-state index contributed by atoms with van der Waals surface area (Å²) >= 11 is 0. The Morgan fingerprint density at radius 1 is 1.32 bits per heavy atom. The SMILES string of the molecule is Cc1cc(C)n(CCNC(=O)C2(c3ccc(F)cc3)CC2)n1. The van der Waals surface area contributed by atoms with Gasteiger partial charge in [-0.3, -0.25) is 9.48 Å². The number of rotatable bonds is 5. The van der Waals surface area contributed by atoms with Gasteiger partial charge in [-0.1, -0.05) is 12.1 Å². The van der Waals surface area contributed by atoms with Gasteiger partial charge in [0, 0.05) is 12.2 Å². The first-order valence-electron chi connectivity index (χ1n) is 7.57. The number of nitrogens with one attached hydrogen (secondary N) is 1. The molecule has 4 nitrogen and oxygen atoms in total. The van der Waals surface area contributed by atoms with Gasteiger partial charge in [0.05, 0.1) is 17.7 Å². The largest absolute Gasteiger partial charge is 0.353 e. The zero-order valence-electron chi connectivity index (χ0n) is 12.9. The van der Waals surface area contributed by atoms with Crippen molar-refractivity contribution in [2.45, 2.75) is 38.6 Å². The Hall–Kier alpha value is -2.17. The zero-order chi connectivity index (χ0) is 15.7. The topological polar surface area (TPSA) is 46.9 Å². The summed E-state index contributed by atoms with van der Waals surface area (Å²) in [6, 6.07) is 8.27. The Morgan fingerprint density at radius 2 is 2.00 bits per heavy atom. The van der Waals surface area contributed by atoms with Crippen LogP contribution in [0.3, 0.4) is 0 Å². The van der Waals surface area contributed by atoms with Gasteiger partial charge in [0.25, 0.3) is 0 Å². The highest BCUT2D eigenvalue weighted by molar-refractivity contribution is 5.91. The molecule has 1 heterocycles. The second-order valence-electron chi connectivity index (χ2n) is 6.00. The minimum absolute atomic E-state index is 0.0284. The van der Waals surface area contributed by atoms with E-state index in [1.165, 1.54) is 12.1 Å². The molecule has 1 aromatic heterocycles. The molecule has 0 aliphatic heterocycles. The number of nitrogens with zero attached hydrogens (tertiary/aromatic N) is 2. The van der Waals surface area contributed by atoms with E-state index in [0.717, 1.165) is 29.8 Å². The van der Waals surface area contributed by atoms with Crippen LogP contribution in [0.25, 0.3) is 0 Å². The Labute approximate surface area is 129 Å². The highest BCUT2D eigenvalue weighted by Crippen LogP contribution is 2.48. The van der Waals surface area contributed by atoms with Gasteiger partial charge in [0.1, 0.15) is 5.82 Å². The van der Waals surface area contributed by atoms with Crippen LogP contribution in [0.5, 0.6) is 0 Å². The number of aryl methyl sites for hydroxylation is 2. The van der Waals surface area contributed by atoms with Gasteiger partial charge in [-0.25, -0.2) is 4.39 Å². The maximum absolute atomic E-state index is 13.0. The number of amides is 1. The van der Waals surface area contributed by atoms with E-state index >= 15 is 0 Å². The van der Waals surface area contributed by atoms with Crippen LogP contribution in [0.15, 0.2) is 30.3 Å². The third kappa shape index (κ3) is 2.75. The smallest absolute Gasteiger partial charge is 0.230 e. The van der Waals surface area contributed by atoms with Crippen molar-refractivity contribution in [3.05, 3.63) is 53.1 Å². The lowest BCUT2D eigenvalue weighted by molar-refractivity contribution is -0.123. The molecule has 2 aromatic rings. The molecule has 116 valence electrons. The van der Waals surface area contributed by atoms with E-state index in [2.05, 4.69) is 10.4 Å². The van der Waals surface area contributed by atoms with Gasteiger partial charge in [0.2, 0.25) is 5.91 Å². The highest BCUT2D eigenvalue weighted by Gasteiger charge is 2.50. The van der Waals surface area contributed by atoms with Gasteiger partial charge < -0.3 is 5.32 Å². The van der Waals surface area contributed by atoms with Gasteiger partial charge in [-0.15, -0.1) is 0 Å². The molecular weight excluding hydrogens is 281 g/mol. The van der Waals surface area contributed by atoms with E-state index in [4.69, 9.17) is 0 Å². The Kier molecular flexibility index (Phi) is 3.72. The normalized spacial score (nSPS) is 15.6. The standard InChI is InChI=1S/C17H20FN3O/c1-12-11-13(2)21(20-12)10-9-19-16(22)17(7-8-17)14-3-5-15(18)6-4-14/h3-6,11H,7-10H2,1-2H3,(H,19,22). The first-order chi connectivity index (χ1) is 10.5. The Balaban J connectivity index is 1.60. The molecule has 1 fully saturated rings. The van der Waals surface area contributed by atoms with Crippen molar-refractivity contribution in [3.63, 3.8) is 0 Å². The molecule has 3 rings (SSSR count). The van der Waals surface area contributed by atoms with Crippen LogP contribution in [-0.2, 0) is 16.8 Å². The molecule has 0 saturated heterocycles. The molecule has 1 aliphatic carbocycles. The zero-order valence-corrected chi connectivity index (χ0v) is 12.9. The quantitative estimate of drug-likeness (QED) is 0.922. The lowest BCUT2D eigenvalue weighted by atomic mass is 9.95. The minimum atomic E-state index is -0.456. The van der Waals surface area contributed by atoms with Crippen molar-refractivity contribution < 1.29 is 9.18 Å². The Bertz CT molecular complexity index is 686. The maximum Gasteiger partial charge on any atom is 0.230 e. The van der Waals surface area contributed by atoms with Crippen molar-refractivity contribution in [3.8, 4) is 0 Å². The lowest BCUT2D eigenvalue weighted by Crippen LogP contribution is -2.36. The summed E-state index contributed by atoms with van der Waals surface area (Å²) in [5.41, 5.74) is 2.51. The van der Waals surface area contributed by atoms with Crippen molar-refractivity contribution in [2.75, 3.05) is 6.54 Å². The van der Waals surface area contributed by atoms with E-state index in [9.17, 15) is 9.18 Å². The number of carbonyl (C=O) groups excluding carboxylic acids is 1. The van der Waals surface area contributed by atoms with Crippen LogP contribution in [0.2, 0.25) is 0 Å². The van der Waals surface area contributed by atoms with E-state index in [1.54, 1.807) is 12.1 Å². The number of hydrogen-bond acceptors (Lipinski definition) is 2. The molecule has 0 bridgehead atoms. The van der Waals surface area contributed by atoms with Crippen LogP contribution in [0.4, 0.5) is 4.39 Å². The summed E-state index contributed by atoms with van der Waals surface area (Å²) in [4.78, 5) is 12.5. The van der Waals surface area contributed by atoms with Crippen LogP contribution < -0.4 is 5.32 Å². The molecule has 1 aliphatic rings. The first kappa shape index (κ1) is 14.8. The average Bonchev–Trinajstić information content (AvgIpc) is 3.22. The van der Waals surface area contributed by atoms with Gasteiger partial charge in [0.15, 0.2) is 0 Å². The van der Waals surface area contributed by atoms with E-state index in [0.29, 0.717) is 13.1 Å². The highest BCUT2D eigenvalue weighted by atomic mass is 19.1. The molecule has 1 N–H and O–H groups in total. The third-order valence-corrected chi connectivity index (χ3v) is 4.29. The minimum Gasteiger partial charge on any atom is -0.353 e. The molecule has 0 radical (unpaired) electrons. The first-order valence-corrected chi connectivity index (χ1v) is 7.57. The number of hydrogen-bond donors (Lipinski definition) is 1. The molecule has 0 atom stereocenters. The van der Waals surface area contributed by atoms with Crippen molar-refractivity contribution >= 4 is 5.91 Å². The van der Waals surface area contributed by atoms with Crippen molar-refractivity contribution in [2.24, 2.45) is 0 Å². The third-order valence-electron chi connectivity index (χ3n) is 4.29. The van der Waals surface area contributed by atoms with Crippen LogP contribution >= 0.6 is 0 Å². The molecule has 1 saturated carbocycles. The Morgan fingerprint density at radius 3 is 2.55 bits per heavy atom. The van der Waals surface area contributed by atoms with Crippen LogP contribution in [-0.4, -0.2) is 22.2 Å². The molecule has 0 spiro atoms. The summed E-state index contributed by atoms with van der Waals surface area (Å²) in [6.45, 7) is 5.16. The van der Waals surface area contributed by atoms with Crippen LogP contribution in [0, 0.1) is 19.7 Å². The summed E-state index contributed by atoms with van der Waals surface area (Å²) in [7, 11) is 0. The predicted molar refractivity (Wildman–Crippen MR) is 82.0 cm³/mol. The van der Waals surface area contributed by atoms with Gasteiger partial charge >= 0.3 is 0 Å². The molecule has 1 amide bonds. The second-order valence-corrected chi connectivity index (χ2v) is 6.00. The number of aromatic nitrogens is 2. The summed E-state index contributed by atoms with van der Waals surface area (Å²) in [5, 5.41) is 7.37.